The molecule has 0 bridgehead atoms. The Labute approximate surface area is 176 Å². The van der Waals surface area contributed by atoms with Crippen LogP contribution in [-0.2, 0) is 4.79 Å². The molecule has 0 fully saturated rings. The number of rotatable bonds is 7. The summed E-state index contributed by atoms with van der Waals surface area (Å²) < 4.78 is 5.59. The van der Waals surface area contributed by atoms with Crippen molar-refractivity contribution in [2.45, 2.75) is 6.04 Å². The van der Waals surface area contributed by atoms with Crippen molar-refractivity contribution in [3.8, 4) is 5.75 Å². The van der Waals surface area contributed by atoms with Crippen molar-refractivity contribution in [2.24, 2.45) is 0 Å². The molecule has 0 unspecified atom stereocenters. The summed E-state index contributed by atoms with van der Waals surface area (Å²) in [4.78, 5) is 23.8. The van der Waals surface area contributed by atoms with Crippen molar-refractivity contribution in [2.75, 3.05) is 13.2 Å². The summed E-state index contributed by atoms with van der Waals surface area (Å²) in [6.07, 6.45) is 0. The van der Waals surface area contributed by atoms with E-state index in [-0.39, 0.29) is 29.5 Å². The van der Waals surface area contributed by atoms with Crippen LogP contribution in [0.25, 0.3) is 10.8 Å². The summed E-state index contributed by atoms with van der Waals surface area (Å²) in [5.41, 5.74) is 0.725. The van der Waals surface area contributed by atoms with Crippen LogP contribution in [0.4, 0.5) is 0 Å². The standard InChI is InChI=1S/C21H17Cl2NO5/c22-15-7-13-6-14(21(27)28)8-18(20(13)16(23)9-15)29-11-19(26)24-17(10-25)12-4-2-1-3-5-12/h1-9,17,25H,10-11H2,(H,24,26)(H,27,28)/t17-/m0/s1. The molecule has 0 aliphatic rings. The van der Waals surface area contributed by atoms with Crippen LogP contribution in [0.3, 0.4) is 0 Å². The van der Waals surface area contributed by atoms with E-state index >= 15 is 0 Å². The van der Waals surface area contributed by atoms with Crippen molar-refractivity contribution < 1.29 is 24.5 Å². The van der Waals surface area contributed by atoms with Crippen molar-refractivity contribution in [3.05, 3.63) is 75.8 Å². The minimum absolute atomic E-state index is 0.0243. The maximum atomic E-state index is 12.3. The molecule has 150 valence electrons. The SMILES string of the molecule is O=C(COc1cc(C(=O)O)cc2cc(Cl)cc(Cl)c12)N[C@@H](CO)c1ccccc1. The minimum atomic E-state index is -1.15. The number of amides is 1. The van der Waals surface area contributed by atoms with Crippen LogP contribution in [-0.4, -0.2) is 35.3 Å². The maximum absolute atomic E-state index is 12.3. The fourth-order valence-corrected chi connectivity index (χ4v) is 3.53. The van der Waals surface area contributed by atoms with Crippen molar-refractivity contribution >= 4 is 45.9 Å². The molecule has 3 aromatic rings. The maximum Gasteiger partial charge on any atom is 0.335 e. The third kappa shape index (κ3) is 4.98. The van der Waals surface area contributed by atoms with Crippen LogP contribution in [0.1, 0.15) is 22.0 Å². The molecule has 0 saturated heterocycles. The normalized spacial score (nSPS) is 11.8. The predicted octanol–water partition coefficient (Wildman–Crippen LogP) is 4.07. The van der Waals surface area contributed by atoms with E-state index in [4.69, 9.17) is 27.9 Å². The largest absolute Gasteiger partial charge is 0.483 e. The molecule has 0 spiro atoms. The fourth-order valence-electron chi connectivity index (χ4n) is 2.93. The summed E-state index contributed by atoms with van der Waals surface area (Å²) >= 11 is 12.3. The summed E-state index contributed by atoms with van der Waals surface area (Å²) in [5, 5.41) is 23.1. The van der Waals surface area contributed by atoms with Gasteiger partial charge < -0.3 is 20.3 Å². The molecule has 0 aromatic heterocycles. The lowest BCUT2D eigenvalue weighted by atomic mass is 10.1. The zero-order valence-electron chi connectivity index (χ0n) is 15.1. The Bertz CT molecular complexity index is 1060. The van der Waals surface area contributed by atoms with E-state index in [0.29, 0.717) is 15.8 Å². The zero-order chi connectivity index (χ0) is 21.0. The lowest BCUT2D eigenvalue weighted by Crippen LogP contribution is -2.34. The highest BCUT2D eigenvalue weighted by atomic mass is 35.5. The molecule has 0 aliphatic heterocycles. The Balaban J connectivity index is 1.82. The second kappa shape index (κ2) is 9.13. The van der Waals surface area contributed by atoms with Gasteiger partial charge in [0.05, 0.1) is 23.2 Å². The molecule has 8 heteroatoms. The van der Waals surface area contributed by atoms with Crippen LogP contribution in [0.15, 0.2) is 54.6 Å². The second-order valence-electron chi connectivity index (χ2n) is 6.27. The van der Waals surface area contributed by atoms with Gasteiger partial charge in [-0.1, -0.05) is 53.5 Å². The van der Waals surface area contributed by atoms with Crippen LogP contribution in [0.2, 0.25) is 10.0 Å². The summed E-state index contributed by atoms with van der Waals surface area (Å²) in [6, 6.07) is 14.2. The first kappa shape index (κ1) is 20.9. The summed E-state index contributed by atoms with van der Waals surface area (Å²) in [5.74, 6) is -1.48. The first-order chi connectivity index (χ1) is 13.9. The Kier molecular flexibility index (Phi) is 6.59. The predicted molar refractivity (Wildman–Crippen MR) is 111 cm³/mol. The average Bonchev–Trinajstić information content (AvgIpc) is 2.70. The van der Waals surface area contributed by atoms with Gasteiger partial charge in [-0.05, 0) is 35.2 Å². The molecular weight excluding hydrogens is 417 g/mol. The molecule has 0 saturated carbocycles. The van der Waals surface area contributed by atoms with E-state index in [1.54, 1.807) is 30.3 Å². The highest BCUT2D eigenvalue weighted by Gasteiger charge is 2.17. The Hall–Kier alpha value is -2.80. The minimum Gasteiger partial charge on any atom is -0.483 e. The Morgan fingerprint density at radius 1 is 1.07 bits per heavy atom. The van der Waals surface area contributed by atoms with E-state index in [1.807, 2.05) is 6.07 Å². The third-order valence-electron chi connectivity index (χ3n) is 4.25. The van der Waals surface area contributed by atoms with Gasteiger partial charge in [-0.15, -0.1) is 0 Å². The van der Waals surface area contributed by atoms with Crippen LogP contribution in [0, 0.1) is 0 Å². The van der Waals surface area contributed by atoms with Gasteiger partial charge in [0, 0.05) is 10.4 Å². The van der Waals surface area contributed by atoms with E-state index in [0.717, 1.165) is 5.56 Å². The number of nitrogens with one attached hydrogen (secondary N) is 1. The number of hydrogen-bond donors (Lipinski definition) is 3. The average molecular weight is 434 g/mol. The highest BCUT2D eigenvalue weighted by molar-refractivity contribution is 6.39. The number of benzene rings is 3. The first-order valence-corrected chi connectivity index (χ1v) is 9.38. The number of carbonyl (C=O) groups excluding carboxylic acids is 1. The number of carboxylic acids is 1. The number of ether oxygens (including phenoxy) is 1. The lowest BCUT2D eigenvalue weighted by Gasteiger charge is -2.17. The van der Waals surface area contributed by atoms with Gasteiger partial charge in [0.15, 0.2) is 6.61 Å². The van der Waals surface area contributed by atoms with E-state index in [1.165, 1.54) is 18.2 Å². The fraction of sp³-hybridized carbons (Fsp3) is 0.143. The number of hydrogen-bond acceptors (Lipinski definition) is 4. The van der Waals surface area contributed by atoms with E-state index in [9.17, 15) is 19.8 Å². The van der Waals surface area contributed by atoms with Gasteiger partial charge in [0.1, 0.15) is 5.75 Å². The molecule has 1 atom stereocenters. The molecule has 0 radical (unpaired) electrons. The molecule has 0 aliphatic carbocycles. The first-order valence-electron chi connectivity index (χ1n) is 8.63. The van der Waals surface area contributed by atoms with Crippen molar-refractivity contribution in [1.29, 1.82) is 0 Å². The number of carboxylic acid groups (broad SMARTS) is 1. The number of fused-ring (bicyclic) bond motifs is 1. The molecule has 1 amide bonds. The molecule has 3 rings (SSSR count). The van der Waals surface area contributed by atoms with Crippen LogP contribution >= 0.6 is 23.2 Å². The van der Waals surface area contributed by atoms with Crippen molar-refractivity contribution in [1.82, 2.24) is 5.32 Å². The molecular formula is C21H17Cl2NO5. The van der Waals surface area contributed by atoms with Gasteiger partial charge in [-0.2, -0.15) is 0 Å². The van der Waals surface area contributed by atoms with E-state index < -0.39 is 17.9 Å². The van der Waals surface area contributed by atoms with Crippen LogP contribution in [0.5, 0.6) is 5.75 Å². The molecule has 29 heavy (non-hydrogen) atoms. The molecule has 0 heterocycles. The Morgan fingerprint density at radius 2 is 1.79 bits per heavy atom. The van der Waals surface area contributed by atoms with Crippen LogP contribution < -0.4 is 10.1 Å². The van der Waals surface area contributed by atoms with Gasteiger partial charge in [-0.25, -0.2) is 4.79 Å². The van der Waals surface area contributed by atoms with Crippen molar-refractivity contribution in [3.63, 3.8) is 0 Å². The molecule has 3 N–H and O–H groups in total. The summed E-state index contributed by atoms with van der Waals surface area (Å²) in [7, 11) is 0. The van der Waals surface area contributed by atoms with Gasteiger partial charge in [0.25, 0.3) is 5.91 Å². The zero-order valence-corrected chi connectivity index (χ0v) is 16.6. The quantitative estimate of drug-likeness (QED) is 0.521. The highest BCUT2D eigenvalue weighted by Crippen LogP contribution is 2.36. The third-order valence-corrected chi connectivity index (χ3v) is 4.77. The Morgan fingerprint density at radius 3 is 2.45 bits per heavy atom. The number of aliphatic hydroxyl groups excluding tert-OH is 1. The number of halogens is 2. The number of aromatic carboxylic acids is 1. The molecule has 3 aromatic carbocycles. The number of carbonyl (C=O) groups is 2. The lowest BCUT2D eigenvalue weighted by molar-refractivity contribution is -0.124. The smallest absolute Gasteiger partial charge is 0.335 e. The summed E-state index contributed by atoms with van der Waals surface area (Å²) in [6.45, 7) is -0.669. The van der Waals surface area contributed by atoms with Gasteiger partial charge in [-0.3, -0.25) is 4.79 Å². The number of aliphatic hydroxyl groups is 1. The topological polar surface area (TPSA) is 95.9 Å². The molecule has 6 nitrogen and oxygen atoms in total. The monoisotopic (exact) mass is 433 g/mol. The van der Waals surface area contributed by atoms with Gasteiger partial charge >= 0.3 is 5.97 Å². The van der Waals surface area contributed by atoms with E-state index in [2.05, 4.69) is 5.32 Å². The second-order valence-corrected chi connectivity index (χ2v) is 7.11. The van der Waals surface area contributed by atoms with Gasteiger partial charge in [0.2, 0.25) is 0 Å².